The number of rotatable bonds is 6. The highest BCUT2D eigenvalue weighted by molar-refractivity contribution is 6.00. The van der Waals surface area contributed by atoms with Gasteiger partial charge in [-0.3, -0.25) is 9.59 Å². The minimum Gasteiger partial charge on any atom is -0.497 e. The van der Waals surface area contributed by atoms with Crippen LogP contribution in [0.5, 0.6) is 5.75 Å². The Labute approximate surface area is 144 Å². The molecule has 1 aromatic rings. The third kappa shape index (κ3) is 4.87. The molecule has 0 spiro atoms. The van der Waals surface area contributed by atoms with Crippen molar-refractivity contribution < 1.29 is 27.5 Å². The average Bonchev–Trinajstić information content (AvgIpc) is 2.96. The fourth-order valence-corrected chi connectivity index (χ4v) is 2.84. The van der Waals surface area contributed by atoms with Crippen molar-refractivity contribution in [2.45, 2.75) is 25.9 Å². The number of alkyl halides is 3. The molecule has 2 rings (SSSR count). The van der Waals surface area contributed by atoms with Gasteiger partial charge in [0.15, 0.2) is 0 Å². The Morgan fingerprint density at radius 1 is 1.40 bits per heavy atom. The monoisotopic (exact) mass is 358 g/mol. The highest BCUT2D eigenvalue weighted by Crippen LogP contribution is 2.29. The molecule has 0 aromatic heterocycles. The van der Waals surface area contributed by atoms with Crippen molar-refractivity contribution in [3.63, 3.8) is 0 Å². The number of carbonyl (C=O) groups is 2. The van der Waals surface area contributed by atoms with Crippen LogP contribution in [0, 0.1) is 5.92 Å². The predicted octanol–water partition coefficient (Wildman–Crippen LogP) is 2.85. The van der Waals surface area contributed by atoms with Gasteiger partial charge in [0.1, 0.15) is 5.75 Å². The van der Waals surface area contributed by atoms with Gasteiger partial charge < -0.3 is 14.5 Å². The summed E-state index contributed by atoms with van der Waals surface area (Å²) in [6.45, 7) is 1.58. The fourth-order valence-electron chi connectivity index (χ4n) is 2.84. The van der Waals surface area contributed by atoms with Crippen molar-refractivity contribution in [3.8, 4) is 5.75 Å². The molecule has 1 aliphatic heterocycles. The predicted molar refractivity (Wildman–Crippen MR) is 86.4 cm³/mol. The molecule has 1 atom stereocenters. The van der Waals surface area contributed by atoms with Crippen LogP contribution in [0.4, 0.5) is 18.9 Å². The van der Waals surface area contributed by atoms with E-state index in [4.69, 9.17) is 4.74 Å². The van der Waals surface area contributed by atoms with Crippen molar-refractivity contribution in [1.29, 1.82) is 0 Å². The Kier molecular flexibility index (Phi) is 5.92. The van der Waals surface area contributed by atoms with Crippen LogP contribution < -0.4 is 9.64 Å². The molecule has 1 unspecified atom stereocenters. The van der Waals surface area contributed by atoms with Crippen LogP contribution >= 0.6 is 0 Å². The van der Waals surface area contributed by atoms with E-state index in [1.54, 1.807) is 31.2 Å². The molecule has 2 amide bonds. The quantitative estimate of drug-likeness (QED) is 0.786. The molecule has 1 heterocycles. The molecule has 138 valence electrons. The van der Waals surface area contributed by atoms with Crippen LogP contribution in [0.25, 0.3) is 0 Å². The summed E-state index contributed by atoms with van der Waals surface area (Å²) in [4.78, 5) is 27.4. The molecule has 1 aliphatic rings. The number of ether oxygens (including phenoxy) is 1. The van der Waals surface area contributed by atoms with Crippen LogP contribution in [0.3, 0.4) is 0 Å². The fraction of sp³-hybridized carbons (Fsp3) is 0.529. The van der Waals surface area contributed by atoms with E-state index in [2.05, 4.69) is 0 Å². The summed E-state index contributed by atoms with van der Waals surface area (Å²) in [6.07, 6.45) is -5.36. The topological polar surface area (TPSA) is 49.9 Å². The Morgan fingerprint density at radius 2 is 2.12 bits per heavy atom. The van der Waals surface area contributed by atoms with Gasteiger partial charge in [-0.1, -0.05) is 6.07 Å². The lowest BCUT2D eigenvalue weighted by Gasteiger charge is -2.24. The van der Waals surface area contributed by atoms with E-state index >= 15 is 0 Å². The second-order valence-corrected chi connectivity index (χ2v) is 5.89. The Hall–Kier alpha value is -2.25. The van der Waals surface area contributed by atoms with Crippen molar-refractivity contribution in [2.24, 2.45) is 5.92 Å². The Balaban J connectivity index is 2.06. The first-order chi connectivity index (χ1) is 11.7. The first-order valence-corrected chi connectivity index (χ1v) is 8.05. The summed E-state index contributed by atoms with van der Waals surface area (Å²) in [5.74, 6) is -0.684. The number of nitrogens with zero attached hydrogens (tertiary/aromatic N) is 2. The van der Waals surface area contributed by atoms with E-state index in [1.807, 2.05) is 0 Å². The van der Waals surface area contributed by atoms with Gasteiger partial charge in [0, 0.05) is 37.8 Å². The summed E-state index contributed by atoms with van der Waals surface area (Å²) in [6, 6.07) is 6.89. The molecule has 0 bridgehead atoms. The number of hydrogen-bond donors (Lipinski definition) is 0. The van der Waals surface area contributed by atoms with Crippen LogP contribution in [0.2, 0.25) is 0 Å². The molecular formula is C17H21F3N2O3. The minimum absolute atomic E-state index is 0.00143. The van der Waals surface area contributed by atoms with E-state index in [0.29, 0.717) is 11.4 Å². The number of anilines is 1. The van der Waals surface area contributed by atoms with Crippen molar-refractivity contribution in [2.75, 3.05) is 31.6 Å². The van der Waals surface area contributed by atoms with E-state index in [0.717, 1.165) is 0 Å². The molecule has 1 saturated heterocycles. The van der Waals surface area contributed by atoms with E-state index in [9.17, 15) is 22.8 Å². The molecule has 0 saturated carbocycles. The van der Waals surface area contributed by atoms with Crippen LogP contribution in [0.15, 0.2) is 24.3 Å². The summed E-state index contributed by atoms with van der Waals surface area (Å²) in [5, 5.41) is 0. The number of halogens is 3. The third-order valence-electron chi connectivity index (χ3n) is 4.20. The summed E-state index contributed by atoms with van der Waals surface area (Å²) >= 11 is 0. The minimum atomic E-state index is -4.31. The van der Waals surface area contributed by atoms with Gasteiger partial charge in [0.05, 0.1) is 19.4 Å². The number of hydrogen-bond acceptors (Lipinski definition) is 3. The van der Waals surface area contributed by atoms with Gasteiger partial charge in [0.2, 0.25) is 11.8 Å². The lowest BCUT2D eigenvalue weighted by molar-refractivity contribution is -0.147. The Morgan fingerprint density at radius 3 is 2.72 bits per heavy atom. The average molecular weight is 358 g/mol. The Bertz CT molecular complexity index is 634. The van der Waals surface area contributed by atoms with Gasteiger partial charge in [-0.05, 0) is 19.1 Å². The standard InChI is InChI=1S/C17H21F3N2O3/c1-3-21(8-7-17(18,19)20)16(24)12-9-15(23)22(11-12)13-5-4-6-14(10-13)25-2/h4-6,10,12H,3,7-9,11H2,1-2H3. The summed E-state index contributed by atoms with van der Waals surface area (Å²) < 4.78 is 42.3. The smallest absolute Gasteiger partial charge is 0.390 e. The second kappa shape index (κ2) is 7.76. The maximum atomic E-state index is 12.5. The molecule has 1 fully saturated rings. The largest absolute Gasteiger partial charge is 0.497 e. The van der Waals surface area contributed by atoms with Crippen molar-refractivity contribution in [3.05, 3.63) is 24.3 Å². The highest BCUT2D eigenvalue weighted by Gasteiger charge is 2.38. The van der Waals surface area contributed by atoms with Crippen LogP contribution in [-0.2, 0) is 9.59 Å². The van der Waals surface area contributed by atoms with Gasteiger partial charge in [-0.15, -0.1) is 0 Å². The number of methoxy groups -OCH3 is 1. The van der Waals surface area contributed by atoms with E-state index < -0.39 is 24.4 Å². The highest BCUT2D eigenvalue weighted by atomic mass is 19.4. The van der Waals surface area contributed by atoms with Crippen molar-refractivity contribution >= 4 is 17.5 Å². The van der Waals surface area contributed by atoms with Gasteiger partial charge >= 0.3 is 6.18 Å². The third-order valence-corrected chi connectivity index (χ3v) is 4.20. The molecule has 0 N–H and O–H groups in total. The molecule has 0 aliphatic carbocycles. The van der Waals surface area contributed by atoms with Gasteiger partial charge in [0.25, 0.3) is 0 Å². The maximum Gasteiger partial charge on any atom is 0.390 e. The second-order valence-electron chi connectivity index (χ2n) is 5.89. The number of amides is 2. The zero-order valence-corrected chi connectivity index (χ0v) is 14.2. The zero-order chi connectivity index (χ0) is 18.6. The van der Waals surface area contributed by atoms with Gasteiger partial charge in [-0.25, -0.2) is 0 Å². The normalized spacial score (nSPS) is 17.7. The van der Waals surface area contributed by atoms with Crippen molar-refractivity contribution in [1.82, 2.24) is 4.90 Å². The lowest BCUT2D eigenvalue weighted by Crippen LogP contribution is -2.39. The number of carbonyl (C=O) groups excluding carboxylic acids is 2. The number of benzene rings is 1. The van der Waals surface area contributed by atoms with Crippen LogP contribution in [0.1, 0.15) is 19.8 Å². The molecule has 0 radical (unpaired) electrons. The molecule has 8 heteroatoms. The summed E-state index contributed by atoms with van der Waals surface area (Å²) in [5.41, 5.74) is 0.609. The van der Waals surface area contributed by atoms with Gasteiger partial charge in [-0.2, -0.15) is 13.2 Å². The molecular weight excluding hydrogens is 337 g/mol. The first-order valence-electron chi connectivity index (χ1n) is 8.05. The zero-order valence-electron chi connectivity index (χ0n) is 14.2. The summed E-state index contributed by atoms with van der Waals surface area (Å²) in [7, 11) is 1.51. The molecule has 25 heavy (non-hydrogen) atoms. The molecule has 1 aromatic carbocycles. The van der Waals surface area contributed by atoms with Crippen LogP contribution in [-0.4, -0.2) is 49.6 Å². The van der Waals surface area contributed by atoms with E-state index in [1.165, 1.54) is 16.9 Å². The lowest BCUT2D eigenvalue weighted by atomic mass is 10.1. The molecule has 5 nitrogen and oxygen atoms in total. The van der Waals surface area contributed by atoms with E-state index in [-0.39, 0.29) is 32.0 Å². The first kappa shape index (κ1) is 19.1. The SMILES string of the molecule is CCN(CCC(F)(F)F)C(=O)C1CC(=O)N(c2cccc(OC)c2)C1. The maximum absolute atomic E-state index is 12.5.